The molecule has 1 aliphatic heterocycles. The second-order valence-corrected chi connectivity index (χ2v) is 6.37. The van der Waals surface area contributed by atoms with Crippen molar-refractivity contribution in [2.75, 3.05) is 0 Å². The van der Waals surface area contributed by atoms with Gasteiger partial charge in [-0.1, -0.05) is 24.3 Å². The predicted molar refractivity (Wildman–Crippen MR) is 83.7 cm³/mol. The number of nitrogens with one attached hydrogen (secondary N) is 1. The number of rotatable bonds is 2. The molecule has 2 N–H and O–H groups in total. The second kappa shape index (κ2) is 5.27. The van der Waals surface area contributed by atoms with Crippen LogP contribution in [0.4, 0.5) is 0 Å². The largest absolute Gasteiger partial charge is 0.507 e. The molecule has 0 aliphatic carbocycles. The molecule has 1 heterocycles. The molecule has 0 amide bonds. The number of nitrogens with zero attached hydrogens (tertiary/aromatic N) is 2. The first-order valence-electron chi connectivity index (χ1n) is 6.51. The maximum atomic E-state index is 11.9. The van der Waals surface area contributed by atoms with Crippen molar-refractivity contribution < 1.29 is 13.5 Å². The van der Waals surface area contributed by atoms with Crippen LogP contribution in [0.2, 0.25) is 0 Å². The monoisotopic (exact) mass is 315 g/mol. The van der Waals surface area contributed by atoms with E-state index in [1.54, 1.807) is 43.3 Å². The van der Waals surface area contributed by atoms with Gasteiger partial charge in [-0.15, -0.1) is 4.40 Å². The van der Waals surface area contributed by atoms with E-state index in [-0.39, 0.29) is 16.5 Å². The Morgan fingerprint density at radius 2 is 1.95 bits per heavy atom. The lowest BCUT2D eigenvalue weighted by Gasteiger charge is -2.03. The van der Waals surface area contributed by atoms with Gasteiger partial charge in [0.15, 0.2) is 5.84 Å². The Hall–Kier alpha value is -2.67. The minimum atomic E-state index is -3.66. The van der Waals surface area contributed by atoms with Crippen molar-refractivity contribution in [1.82, 2.24) is 5.43 Å². The molecule has 112 valence electrons. The topological polar surface area (TPSA) is 91.1 Å². The highest BCUT2D eigenvalue weighted by Gasteiger charge is 2.28. The maximum absolute atomic E-state index is 11.9. The van der Waals surface area contributed by atoms with Gasteiger partial charge in [0.25, 0.3) is 10.0 Å². The summed E-state index contributed by atoms with van der Waals surface area (Å²) < 4.78 is 27.4. The molecule has 0 atom stereocenters. The SMILES string of the molecule is Cc1cccc(C=NNC2=NS(=O)(=O)c3ccccc32)c1O. The van der Waals surface area contributed by atoms with Crippen molar-refractivity contribution in [3.63, 3.8) is 0 Å². The number of aryl methyl sites for hydroxylation is 1. The Morgan fingerprint density at radius 1 is 1.18 bits per heavy atom. The highest BCUT2D eigenvalue weighted by atomic mass is 32.2. The Balaban J connectivity index is 1.86. The molecule has 6 nitrogen and oxygen atoms in total. The van der Waals surface area contributed by atoms with E-state index in [0.717, 1.165) is 5.56 Å². The minimum Gasteiger partial charge on any atom is -0.507 e. The fourth-order valence-electron chi connectivity index (χ4n) is 2.14. The number of benzene rings is 2. The smallest absolute Gasteiger partial charge is 0.285 e. The fraction of sp³-hybridized carbons (Fsp3) is 0.0667. The zero-order valence-electron chi connectivity index (χ0n) is 11.7. The van der Waals surface area contributed by atoms with Crippen LogP contribution in [0, 0.1) is 6.92 Å². The van der Waals surface area contributed by atoms with Crippen molar-refractivity contribution in [2.45, 2.75) is 11.8 Å². The van der Waals surface area contributed by atoms with E-state index in [1.807, 2.05) is 0 Å². The van der Waals surface area contributed by atoms with Crippen LogP contribution in [0.5, 0.6) is 5.75 Å². The van der Waals surface area contributed by atoms with Gasteiger partial charge in [-0.3, -0.25) is 5.43 Å². The number of hydrogen-bond acceptors (Lipinski definition) is 5. The number of fused-ring (bicyclic) bond motifs is 1. The summed E-state index contributed by atoms with van der Waals surface area (Å²) in [7, 11) is -3.66. The van der Waals surface area contributed by atoms with Gasteiger partial charge in [0, 0.05) is 11.1 Å². The third-order valence-corrected chi connectivity index (χ3v) is 4.61. The second-order valence-electron chi connectivity index (χ2n) is 4.79. The molecule has 0 saturated carbocycles. The third kappa shape index (κ3) is 2.46. The molecule has 2 aromatic rings. The van der Waals surface area contributed by atoms with Gasteiger partial charge in [0.1, 0.15) is 10.6 Å². The summed E-state index contributed by atoms with van der Waals surface area (Å²) >= 11 is 0. The van der Waals surface area contributed by atoms with Crippen molar-refractivity contribution in [3.8, 4) is 5.75 Å². The van der Waals surface area contributed by atoms with Gasteiger partial charge in [-0.2, -0.15) is 13.5 Å². The fourth-order valence-corrected chi connectivity index (χ4v) is 3.31. The number of para-hydroxylation sites is 1. The van der Waals surface area contributed by atoms with Crippen LogP contribution in [0.15, 0.2) is 56.9 Å². The van der Waals surface area contributed by atoms with E-state index < -0.39 is 10.0 Å². The number of sulfonamides is 1. The van der Waals surface area contributed by atoms with Crippen LogP contribution in [0.3, 0.4) is 0 Å². The van der Waals surface area contributed by atoms with Crippen LogP contribution in [-0.4, -0.2) is 25.6 Å². The van der Waals surface area contributed by atoms with Crippen LogP contribution in [-0.2, 0) is 10.0 Å². The summed E-state index contributed by atoms with van der Waals surface area (Å²) in [5.41, 5.74) is 4.36. The van der Waals surface area contributed by atoms with Gasteiger partial charge >= 0.3 is 0 Å². The van der Waals surface area contributed by atoms with E-state index in [0.29, 0.717) is 11.1 Å². The van der Waals surface area contributed by atoms with E-state index in [1.165, 1.54) is 12.3 Å². The van der Waals surface area contributed by atoms with Gasteiger partial charge in [-0.05, 0) is 30.7 Å². The summed E-state index contributed by atoms with van der Waals surface area (Å²) in [6, 6.07) is 11.8. The molecule has 0 aromatic heterocycles. The molecule has 22 heavy (non-hydrogen) atoms. The van der Waals surface area contributed by atoms with Crippen molar-refractivity contribution in [2.24, 2.45) is 9.50 Å². The molecular weight excluding hydrogens is 302 g/mol. The lowest BCUT2D eigenvalue weighted by molar-refractivity contribution is 0.470. The normalized spacial score (nSPS) is 15.6. The van der Waals surface area contributed by atoms with Gasteiger partial charge in [-0.25, -0.2) is 0 Å². The van der Waals surface area contributed by atoms with E-state index in [4.69, 9.17) is 0 Å². The summed E-state index contributed by atoms with van der Waals surface area (Å²) in [5.74, 6) is 0.299. The first kappa shape index (κ1) is 14.3. The zero-order valence-corrected chi connectivity index (χ0v) is 12.5. The van der Waals surface area contributed by atoms with Crippen molar-refractivity contribution in [3.05, 3.63) is 59.2 Å². The zero-order chi connectivity index (χ0) is 15.7. The number of hydrazone groups is 1. The third-order valence-electron chi connectivity index (χ3n) is 3.27. The number of phenols is 1. The van der Waals surface area contributed by atoms with Crippen LogP contribution >= 0.6 is 0 Å². The lowest BCUT2D eigenvalue weighted by Crippen LogP contribution is -2.17. The molecule has 0 radical (unpaired) electrons. The molecule has 3 rings (SSSR count). The first-order chi connectivity index (χ1) is 10.5. The molecule has 0 bridgehead atoms. The molecule has 7 heteroatoms. The molecular formula is C15H13N3O3S. The standard InChI is InChI=1S/C15H13N3O3S/c1-10-5-4-6-11(14(10)19)9-16-17-15-12-7-2-3-8-13(12)22(20,21)18-15/h2-9,19H,1H3,(H,17,18). The predicted octanol–water partition coefficient (Wildman–Crippen LogP) is 1.77. The van der Waals surface area contributed by atoms with Crippen LogP contribution < -0.4 is 5.43 Å². The first-order valence-corrected chi connectivity index (χ1v) is 7.95. The molecule has 0 unspecified atom stereocenters. The Labute approximate surface area is 127 Å². The highest BCUT2D eigenvalue weighted by molar-refractivity contribution is 7.90. The summed E-state index contributed by atoms with van der Waals surface area (Å²) in [6.07, 6.45) is 1.42. The van der Waals surface area contributed by atoms with Crippen LogP contribution in [0.1, 0.15) is 16.7 Å². The average molecular weight is 315 g/mol. The summed E-state index contributed by atoms with van der Waals surface area (Å²) in [5, 5.41) is 13.8. The molecule has 0 fully saturated rings. The summed E-state index contributed by atoms with van der Waals surface area (Å²) in [4.78, 5) is 0.158. The van der Waals surface area contributed by atoms with Crippen LogP contribution in [0.25, 0.3) is 0 Å². The number of amidine groups is 1. The van der Waals surface area contributed by atoms with Gasteiger partial charge in [0.05, 0.1) is 6.21 Å². The number of aromatic hydroxyl groups is 1. The van der Waals surface area contributed by atoms with E-state index >= 15 is 0 Å². The minimum absolute atomic E-state index is 0.134. The average Bonchev–Trinajstić information content (AvgIpc) is 2.75. The van der Waals surface area contributed by atoms with E-state index in [9.17, 15) is 13.5 Å². The Kier molecular flexibility index (Phi) is 3.42. The molecule has 1 aliphatic rings. The lowest BCUT2D eigenvalue weighted by atomic mass is 10.1. The molecule has 0 spiro atoms. The number of hydrogen-bond donors (Lipinski definition) is 2. The summed E-state index contributed by atoms with van der Waals surface area (Å²) in [6.45, 7) is 1.78. The van der Waals surface area contributed by atoms with Gasteiger partial charge in [0.2, 0.25) is 0 Å². The molecule has 0 saturated heterocycles. The van der Waals surface area contributed by atoms with Crippen molar-refractivity contribution in [1.29, 1.82) is 0 Å². The Bertz CT molecular complexity index is 902. The number of phenolic OH excluding ortho intramolecular Hbond substituents is 1. The molecule has 2 aromatic carbocycles. The van der Waals surface area contributed by atoms with E-state index in [2.05, 4.69) is 14.9 Å². The Morgan fingerprint density at radius 3 is 2.77 bits per heavy atom. The quantitative estimate of drug-likeness (QED) is 0.653. The highest BCUT2D eigenvalue weighted by Crippen LogP contribution is 2.25. The van der Waals surface area contributed by atoms with Gasteiger partial charge < -0.3 is 5.11 Å². The van der Waals surface area contributed by atoms with Crippen molar-refractivity contribution >= 4 is 22.1 Å². The maximum Gasteiger partial charge on any atom is 0.285 e.